The van der Waals surface area contributed by atoms with Crippen LogP contribution in [0, 0.1) is 0 Å². The van der Waals surface area contributed by atoms with E-state index >= 15 is 0 Å². The molecule has 0 spiro atoms. The number of carbonyl (C=O) groups excluding carboxylic acids is 1. The summed E-state index contributed by atoms with van der Waals surface area (Å²) in [5.41, 5.74) is 0. The summed E-state index contributed by atoms with van der Waals surface area (Å²) in [5, 5.41) is 8.75. The molecule has 0 saturated carbocycles. The van der Waals surface area contributed by atoms with Crippen molar-refractivity contribution in [3.63, 3.8) is 0 Å². The van der Waals surface area contributed by atoms with Gasteiger partial charge in [-0.3, -0.25) is 9.88 Å². The first-order valence-corrected chi connectivity index (χ1v) is 8.03. The summed E-state index contributed by atoms with van der Waals surface area (Å²) in [6, 6.07) is -0.152. The number of aromatic nitrogens is 2. The van der Waals surface area contributed by atoms with Gasteiger partial charge in [0.15, 0.2) is 0 Å². The first-order valence-electron chi connectivity index (χ1n) is 8.03. The molecule has 1 saturated heterocycles. The Morgan fingerprint density at radius 3 is 2.65 bits per heavy atom. The highest BCUT2D eigenvalue weighted by molar-refractivity contribution is 5.73. The van der Waals surface area contributed by atoms with Crippen LogP contribution in [-0.2, 0) is 4.74 Å². The Morgan fingerprint density at radius 2 is 1.96 bits per heavy atom. The van der Waals surface area contributed by atoms with Gasteiger partial charge in [-0.1, -0.05) is 0 Å². The zero-order valence-electron chi connectivity index (χ0n) is 13.8. The second-order valence-corrected chi connectivity index (χ2v) is 5.72. The third-order valence-corrected chi connectivity index (χ3v) is 3.49. The number of nitrogens with zero attached hydrogens (tertiary/aromatic N) is 3. The number of hydrogen-bond acceptors (Lipinski definition) is 6. The van der Waals surface area contributed by atoms with E-state index in [1.165, 1.54) is 0 Å². The molecule has 2 heterocycles. The van der Waals surface area contributed by atoms with Crippen molar-refractivity contribution < 1.29 is 9.53 Å². The zero-order chi connectivity index (χ0) is 16.5. The molecule has 1 aromatic rings. The molecule has 2 atom stereocenters. The van der Waals surface area contributed by atoms with Gasteiger partial charge in [0.05, 0.1) is 18.4 Å². The van der Waals surface area contributed by atoms with Crippen LogP contribution in [-0.4, -0.2) is 72.4 Å². The monoisotopic (exact) mass is 322 g/mol. The summed E-state index contributed by atoms with van der Waals surface area (Å²) < 4.78 is 5.69. The van der Waals surface area contributed by atoms with Gasteiger partial charge in [-0.25, -0.2) is 9.78 Å². The quantitative estimate of drug-likeness (QED) is 0.625. The first-order chi connectivity index (χ1) is 11.1. The minimum absolute atomic E-state index is 0.152. The molecule has 0 bridgehead atoms. The number of nitrogens with one attached hydrogen (secondary N) is 3. The Kier molecular flexibility index (Phi) is 7.02. The van der Waals surface area contributed by atoms with Gasteiger partial charge in [0, 0.05) is 51.7 Å². The van der Waals surface area contributed by atoms with Gasteiger partial charge in [-0.15, -0.1) is 0 Å². The van der Waals surface area contributed by atoms with Crippen LogP contribution < -0.4 is 16.0 Å². The van der Waals surface area contributed by atoms with Crippen molar-refractivity contribution >= 4 is 11.8 Å². The summed E-state index contributed by atoms with van der Waals surface area (Å²) in [6.45, 7) is 8.57. The minimum Gasteiger partial charge on any atom is -0.373 e. The lowest BCUT2D eigenvalue weighted by atomic mass is 10.2. The standard InChI is InChI=1S/C15H26N6O2/c1-12-10-21(11-13(2)23-12)8-7-20-15(22)19-6-5-18-14-9-16-3-4-17-14/h3-4,9,12-13H,5-8,10-11H2,1-2H3,(H,17,18)(H2,19,20,22)/t12-,13+. The Labute approximate surface area is 137 Å². The molecule has 1 fully saturated rings. The van der Waals surface area contributed by atoms with Gasteiger partial charge in [-0.2, -0.15) is 0 Å². The third-order valence-electron chi connectivity index (χ3n) is 3.49. The fourth-order valence-corrected chi connectivity index (χ4v) is 2.61. The summed E-state index contributed by atoms with van der Waals surface area (Å²) in [7, 11) is 0. The number of rotatable bonds is 7. The van der Waals surface area contributed by atoms with Gasteiger partial charge < -0.3 is 20.7 Å². The van der Waals surface area contributed by atoms with E-state index in [-0.39, 0.29) is 18.2 Å². The minimum atomic E-state index is -0.152. The lowest BCUT2D eigenvalue weighted by Crippen LogP contribution is -2.48. The first kappa shape index (κ1) is 17.4. The topological polar surface area (TPSA) is 91.4 Å². The molecule has 1 aliphatic rings. The Balaban J connectivity index is 1.51. The van der Waals surface area contributed by atoms with Crippen molar-refractivity contribution in [3.05, 3.63) is 18.6 Å². The largest absolute Gasteiger partial charge is 0.373 e. The number of amides is 2. The van der Waals surface area contributed by atoms with E-state index in [0.717, 1.165) is 19.6 Å². The molecular formula is C15H26N6O2. The van der Waals surface area contributed by atoms with Crippen LogP contribution in [0.2, 0.25) is 0 Å². The smallest absolute Gasteiger partial charge is 0.314 e. The number of urea groups is 1. The maximum absolute atomic E-state index is 11.7. The van der Waals surface area contributed by atoms with Crippen molar-refractivity contribution in [1.29, 1.82) is 0 Å². The van der Waals surface area contributed by atoms with E-state index in [1.807, 2.05) is 0 Å². The highest BCUT2D eigenvalue weighted by Gasteiger charge is 2.21. The normalized spacial score (nSPS) is 21.7. The molecule has 1 aliphatic heterocycles. The van der Waals surface area contributed by atoms with E-state index in [1.54, 1.807) is 18.6 Å². The maximum Gasteiger partial charge on any atom is 0.314 e. The second kappa shape index (κ2) is 9.26. The molecular weight excluding hydrogens is 296 g/mol. The fourth-order valence-electron chi connectivity index (χ4n) is 2.61. The molecule has 2 amide bonds. The highest BCUT2D eigenvalue weighted by atomic mass is 16.5. The fraction of sp³-hybridized carbons (Fsp3) is 0.667. The second-order valence-electron chi connectivity index (χ2n) is 5.72. The van der Waals surface area contributed by atoms with Crippen molar-refractivity contribution in [2.45, 2.75) is 26.1 Å². The molecule has 8 nitrogen and oxygen atoms in total. The van der Waals surface area contributed by atoms with Gasteiger partial charge >= 0.3 is 6.03 Å². The van der Waals surface area contributed by atoms with E-state index in [9.17, 15) is 4.79 Å². The lowest BCUT2D eigenvalue weighted by molar-refractivity contribution is -0.0672. The van der Waals surface area contributed by atoms with E-state index < -0.39 is 0 Å². The molecule has 3 N–H and O–H groups in total. The Hall–Kier alpha value is -1.93. The van der Waals surface area contributed by atoms with Gasteiger partial charge in [0.25, 0.3) is 0 Å². The van der Waals surface area contributed by atoms with E-state index in [4.69, 9.17) is 4.74 Å². The number of morpholine rings is 1. The van der Waals surface area contributed by atoms with Crippen molar-refractivity contribution in [3.8, 4) is 0 Å². The number of anilines is 1. The molecule has 23 heavy (non-hydrogen) atoms. The molecule has 1 aromatic heterocycles. The SMILES string of the molecule is C[C@@H]1CN(CCNC(=O)NCCNc2cnccn2)C[C@H](C)O1. The van der Waals surface area contributed by atoms with Gasteiger partial charge in [0.2, 0.25) is 0 Å². The van der Waals surface area contributed by atoms with Crippen molar-refractivity contribution in [1.82, 2.24) is 25.5 Å². The van der Waals surface area contributed by atoms with Crippen LogP contribution in [0.5, 0.6) is 0 Å². The number of ether oxygens (including phenoxy) is 1. The Morgan fingerprint density at radius 1 is 1.22 bits per heavy atom. The average Bonchev–Trinajstić information content (AvgIpc) is 2.52. The van der Waals surface area contributed by atoms with Crippen LogP contribution in [0.4, 0.5) is 10.6 Å². The van der Waals surface area contributed by atoms with Gasteiger partial charge in [-0.05, 0) is 13.8 Å². The average molecular weight is 322 g/mol. The predicted octanol–water partition coefficient (Wildman–Crippen LogP) is 0.297. The Bertz CT molecular complexity index is 462. The summed E-state index contributed by atoms with van der Waals surface area (Å²) >= 11 is 0. The van der Waals surface area contributed by atoms with Gasteiger partial charge in [0.1, 0.15) is 5.82 Å². The van der Waals surface area contributed by atoms with Crippen LogP contribution in [0.1, 0.15) is 13.8 Å². The summed E-state index contributed by atoms with van der Waals surface area (Å²) in [5.74, 6) is 0.699. The molecule has 0 aliphatic carbocycles. The van der Waals surface area contributed by atoms with Crippen LogP contribution in [0.25, 0.3) is 0 Å². The van der Waals surface area contributed by atoms with E-state index in [2.05, 4.69) is 44.7 Å². The maximum atomic E-state index is 11.7. The third kappa shape index (κ3) is 6.79. The van der Waals surface area contributed by atoms with Crippen molar-refractivity contribution in [2.75, 3.05) is 44.6 Å². The molecule has 2 rings (SSSR count). The molecule has 8 heteroatoms. The molecule has 0 radical (unpaired) electrons. The summed E-state index contributed by atoms with van der Waals surface area (Å²) in [4.78, 5) is 22.1. The number of hydrogen-bond donors (Lipinski definition) is 3. The van der Waals surface area contributed by atoms with Crippen LogP contribution >= 0.6 is 0 Å². The predicted molar refractivity (Wildman–Crippen MR) is 88.4 cm³/mol. The van der Waals surface area contributed by atoms with Crippen LogP contribution in [0.15, 0.2) is 18.6 Å². The lowest BCUT2D eigenvalue weighted by Gasteiger charge is -2.35. The number of carbonyl (C=O) groups is 1. The molecule has 128 valence electrons. The summed E-state index contributed by atoms with van der Waals surface area (Å²) in [6.07, 6.45) is 5.38. The molecule has 0 unspecified atom stereocenters. The van der Waals surface area contributed by atoms with Crippen molar-refractivity contribution in [2.24, 2.45) is 0 Å². The van der Waals surface area contributed by atoms with E-state index in [0.29, 0.717) is 25.5 Å². The van der Waals surface area contributed by atoms with Crippen LogP contribution in [0.3, 0.4) is 0 Å². The highest BCUT2D eigenvalue weighted by Crippen LogP contribution is 2.09. The zero-order valence-corrected chi connectivity index (χ0v) is 13.8. The molecule has 0 aromatic carbocycles.